The average Bonchev–Trinajstić information content (AvgIpc) is 3.63. The minimum absolute atomic E-state index is 0.0433. The molecular formula is C29H32N4O4. The number of pyridine rings is 1. The minimum Gasteiger partial charge on any atom is -0.446 e. The first-order valence-corrected chi connectivity index (χ1v) is 13.3. The van der Waals surface area contributed by atoms with Gasteiger partial charge in [0.15, 0.2) is 0 Å². The number of H-pyrrole nitrogens is 1. The monoisotopic (exact) mass is 500 g/mol. The molecule has 0 atom stereocenters. The lowest BCUT2D eigenvalue weighted by Gasteiger charge is -2.27. The summed E-state index contributed by atoms with van der Waals surface area (Å²) >= 11 is 0. The Morgan fingerprint density at radius 3 is 2.51 bits per heavy atom. The lowest BCUT2D eigenvalue weighted by atomic mass is 9.98. The van der Waals surface area contributed by atoms with Crippen molar-refractivity contribution in [2.45, 2.75) is 38.2 Å². The Labute approximate surface area is 216 Å². The van der Waals surface area contributed by atoms with Crippen LogP contribution in [0, 0.1) is 0 Å². The number of aromatic nitrogens is 2. The summed E-state index contributed by atoms with van der Waals surface area (Å²) in [6.07, 6.45) is 10.9. The molecule has 0 unspecified atom stereocenters. The van der Waals surface area contributed by atoms with Crippen molar-refractivity contribution in [3.8, 4) is 11.1 Å². The second kappa shape index (κ2) is 10.4. The maximum Gasteiger partial charge on any atom is 0.410 e. The van der Waals surface area contributed by atoms with E-state index >= 15 is 0 Å². The van der Waals surface area contributed by atoms with E-state index < -0.39 is 0 Å². The fourth-order valence-corrected chi connectivity index (χ4v) is 5.48. The second-order valence-electron chi connectivity index (χ2n) is 10.0. The second-order valence-corrected chi connectivity index (χ2v) is 10.0. The highest BCUT2D eigenvalue weighted by Crippen LogP contribution is 2.32. The molecule has 4 heterocycles. The number of carbonyl (C=O) groups is 2. The van der Waals surface area contributed by atoms with E-state index in [2.05, 4.69) is 22.1 Å². The highest BCUT2D eigenvalue weighted by molar-refractivity contribution is 5.96. The summed E-state index contributed by atoms with van der Waals surface area (Å²) in [7, 11) is 0. The number of ether oxygens (including phenoxy) is 2. The third kappa shape index (κ3) is 4.98. The molecule has 1 saturated heterocycles. The van der Waals surface area contributed by atoms with Crippen LogP contribution in [0.25, 0.3) is 27.7 Å². The van der Waals surface area contributed by atoms with Crippen LogP contribution in [0.1, 0.15) is 48.0 Å². The topological polar surface area (TPSA) is 87.8 Å². The maximum atomic E-state index is 12.8. The molecule has 8 heteroatoms. The van der Waals surface area contributed by atoms with E-state index in [9.17, 15) is 9.59 Å². The molecule has 2 amide bonds. The molecule has 37 heavy (non-hydrogen) atoms. The fourth-order valence-electron chi connectivity index (χ4n) is 5.48. The van der Waals surface area contributed by atoms with Crippen molar-refractivity contribution < 1.29 is 19.1 Å². The normalized spacial score (nSPS) is 18.8. The predicted octanol–water partition coefficient (Wildman–Crippen LogP) is 4.87. The van der Waals surface area contributed by atoms with Crippen molar-refractivity contribution in [3.05, 3.63) is 59.9 Å². The Kier molecular flexibility index (Phi) is 6.66. The van der Waals surface area contributed by atoms with Gasteiger partial charge in [-0.25, -0.2) is 9.78 Å². The molecule has 1 aromatic carbocycles. The molecule has 6 rings (SSSR count). The highest BCUT2D eigenvalue weighted by Gasteiger charge is 2.25. The Morgan fingerprint density at radius 1 is 1.00 bits per heavy atom. The first-order valence-electron chi connectivity index (χ1n) is 13.3. The number of amides is 2. The number of hydrogen-bond donors (Lipinski definition) is 1. The van der Waals surface area contributed by atoms with E-state index in [4.69, 9.17) is 9.47 Å². The van der Waals surface area contributed by atoms with Gasteiger partial charge >= 0.3 is 6.09 Å². The van der Waals surface area contributed by atoms with Gasteiger partial charge < -0.3 is 24.3 Å². The smallest absolute Gasteiger partial charge is 0.410 e. The standard InChI is InChI=1S/C29H32N4O4/c34-28(32-13-15-36-16-14-32)22-7-5-20(6-8-22)23-17-25-26(19-31-27(25)30-18-23)21-9-11-33(12-10-21)29(35)37-24-3-1-2-4-24/h5-9,17-19,24H,1-4,10-16H2,(H,30,31). The summed E-state index contributed by atoms with van der Waals surface area (Å²) in [5, 5.41) is 1.05. The molecular weight excluding hydrogens is 468 g/mol. The zero-order chi connectivity index (χ0) is 25.2. The molecule has 0 radical (unpaired) electrons. The van der Waals surface area contributed by atoms with Crippen LogP contribution >= 0.6 is 0 Å². The Hall–Kier alpha value is -3.65. The number of aromatic amines is 1. The molecule has 3 aromatic rings. The number of nitrogens with zero attached hydrogens (tertiary/aromatic N) is 3. The number of hydrogen-bond acceptors (Lipinski definition) is 5. The quantitative estimate of drug-likeness (QED) is 0.552. The largest absolute Gasteiger partial charge is 0.446 e. The number of nitrogens with one attached hydrogen (secondary N) is 1. The molecule has 2 fully saturated rings. The summed E-state index contributed by atoms with van der Waals surface area (Å²) in [5.74, 6) is 0.0433. The van der Waals surface area contributed by atoms with Gasteiger partial charge in [0.05, 0.1) is 13.2 Å². The zero-order valence-electron chi connectivity index (χ0n) is 20.9. The molecule has 0 spiro atoms. The van der Waals surface area contributed by atoms with Gasteiger partial charge in [-0.15, -0.1) is 0 Å². The summed E-state index contributed by atoms with van der Waals surface area (Å²) in [4.78, 5) is 36.9. The lowest BCUT2D eigenvalue weighted by Crippen LogP contribution is -2.40. The Balaban J connectivity index is 1.17. The van der Waals surface area contributed by atoms with Gasteiger partial charge in [-0.1, -0.05) is 18.2 Å². The molecule has 8 nitrogen and oxygen atoms in total. The summed E-state index contributed by atoms with van der Waals surface area (Å²) in [5.41, 5.74) is 5.86. The minimum atomic E-state index is -0.194. The van der Waals surface area contributed by atoms with Gasteiger partial charge in [0.1, 0.15) is 11.8 Å². The average molecular weight is 501 g/mol. The van der Waals surface area contributed by atoms with Crippen molar-refractivity contribution in [2.24, 2.45) is 0 Å². The van der Waals surface area contributed by atoms with Crippen molar-refractivity contribution in [1.82, 2.24) is 19.8 Å². The molecule has 2 aromatic heterocycles. The van der Waals surface area contributed by atoms with Gasteiger partial charge in [0.25, 0.3) is 5.91 Å². The van der Waals surface area contributed by atoms with Crippen LogP contribution in [-0.4, -0.2) is 77.3 Å². The van der Waals surface area contributed by atoms with Crippen LogP contribution in [0.15, 0.2) is 48.8 Å². The van der Waals surface area contributed by atoms with E-state index in [-0.39, 0.29) is 18.1 Å². The van der Waals surface area contributed by atoms with Crippen LogP contribution < -0.4 is 0 Å². The predicted molar refractivity (Wildman–Crippen MR) is 141 cm³/mol. The number of carbonyl (C=O) groups excluding carboxylic acids is 2. The summed E-state index contributed by atoms with van der Waals surface area (Å²) in [6, 6.07) is 9.89. The fraction of sp³-hybridized carbons (Fsp3) is 0.414. The Bertz CT molecular complexity index is 1320. The van der Waals surface area contributed by atoms with E-state index in [1.165, 1.54) is 5.57 Å². The molecule has 1 N–H and O–H groups in total. The van der Waals surface area contributed by atoms with Crippen molar-refractivity contribution in [1.29, 1.82) is 0 Å². The zero-order valence-corrected chi connectivity index (χ0v) is 20.9. The molecule has 1 saturated carbocycles. The van der Waals surface area contributed by atoms with Gasteiger partial charge in [-0.3, -0.25) is 4.79 Å². The number of benzene rings is 1. The number of morpholine rings is 1. The maximum absolute atomic E-state index is 12.8. The SMILES string of the molecule is O=C(OC1CCCC1)N1CC=C(c2c[nH]c3ncc(-c4ccc(C(=O)N5CCOCC5)cc4)cc23)CC1. The van der Waals surface area contributed by atoms with Crippen LogP contribution in [0.4, 0.5) is 4.79 Å². The summed E-state index contributed by atoms with van der Waals surface area (Å²) in [6.45, 7) is 3.65. The van der Waals surface area contributed by atoms with Crippen molar-refractivity contribution in [2.75, 3.05) is 39.4 Å². The third-order valence-corrected chi connectivity index (χ3v) is 7.68. The van der Waals surface area contributed by atoms with Crippen LogP contribution in [0.2, 0.25) is 0 Å². The first-order chi connectivity index (χ1) is 18.2. The molecule has 3 aliphatic rings. The van der Waals surface area contributed by atoms with Crippen LogP contribution in [-0.2, 0) is 9.47 Å². The van der Waals surface area contributed by atoms with Crippen LogP contribution in [0.5, 0.6) is 0 Å². The first kappa shape index (κ1) is 23.7. The van der Waals surface area contributed by atoms with Crippen molar-refractivity contribution >= 4 is 28.6 Å². The van der Waals surface area contributed by atoms with Gasteiger partial charge in [0, 0.05) is 60.6 Å². The van der Waals surface area contributed by atoms with Crippen LogP contribution in [0.3, 0.4) is 0 Å². The van der Waals surface area contributed by atoms with Gasteiger partial charge in [0.2, 0.25) is 0 Å². The number of fused-ring (bicyclic) bond motifs is 1. The Morgan fingerprint density at radius 2 is 1.78 bits per heavy atom. The van der Waals surface area contributed by atoms with Crippen molar-refractivity contribution in [3.63, 3.8) is 0 Å². The molecule has 1 aliphatic carbocycles. The van der Waals surface area contributed by atoms with E-state index in [0.29, 0.717) is 45.0 Å². The highest BCUT2D eigenvalue weighted by atomic mass is 16.6. The molecule has 0 bridgehead atoms. The molecule has 192 valence electrons. The van der Waals surface area contributed by atoms with E-state index in [0.717, 1.165) is 59.8 Å². The number of rotatable bonds is 4. The lowest BCUT2D eigenvalue weighted by molar-refractivity contribution is 0.0303. The third-order valence-electron chi connectivity index (χ3n) is 7.68. The van der Waals surface area contributed by atoms with Gasteiger partial charge in [-0.2, -0.15) is 0 Å². The van der Waals surface area contributed by atoms with E-state index in [1.807, 2.05) is 41.6 Å². The summed E-state index contributed by atoms with van der Waals surface area (Å²) < 4.78 is 11.0. The van der Waals surface area contributed by atoms with Gasteiger partial charge in [-0.05, 0) is 61.4 Å². The van der Waals surface area contributed by atoms with E-state index in [1.54, 1.807) is 4.90 Å². The molecule has 2 aliphatic heterocycles.